The maximum absolute atomic E-state index is 6.22. The van der Waals surface area contributed by atoms with Crippen LogP contribution in [0.25, 0.3) is 54.6 Å². The number of furan rings is 1. The summed E-state index contributed by atoms with van der Waals surface area (Å²) >= 11 is 0. The Bertz CT molecular complexity index is 2470. The second-order valence-electron chi connectivity index (χ2n) is 11.5. The van der Waals surface area contributed by atoms with Crippen LogP contribution < -0.4 is 5.32 Å². The van der Waals surface area contributed by atoms with Crippen molar-refractivity contribution in [1.29, 1.82) is 0 Å². The lowest BCUT2D eigenvalue weighted by Gasteiger charge is -2.23. The van der Waals surface area contributed by atoms with Gasteiger partial charge in [-0.15, -0.1) is 0 Å². The summed E-state index contributed by atoms with van der Waals surface area (Å²) in [6.07, 6.45) is -0.408. The van der Waals surface area contributed by atoms with Crippen LogP contribution in [-0.4, -0.2) is 11.7 Å². The minimum atomic E-state index is -0.408. The van der Waals surface area contributed by atoms with E-state index >= 15 is 0 Å². The molecule has 4 nitrogen and oxygen atoms in total. The van der Waals surface area contributed by atoms with Gasteiger partial charge in [-0.05, 0) is 62.5 Å². The van der Waals surface area contributed by atoms with E-state index in [0.717, 1.165) is 55.9 Å². The summed E-state index contributed by atoms with van der Waals surface area (Å²) in [5, 5.41) is 10.6. The fraction of sp³-hybridized carbons (Fsp3) is 0.0244. The van der Waals surface area contributed by atoms with Gasteiger partial charge in [0.05, 0.1) is 0 Å². The van der Waals surface area contributed by atoms with Crippen LogP contribution >= 0.6 is 0 Å². The second-order valence-corrected chi connectivity index (χ2v) is 11.5. The third-order valence-electron chi connectivity index (χ3n) is 8.71. The highest BCUT2D eigenvalue weighted by molar-refractivity contribution is 6.23. The van der Waals surface area contributed by atoms with E-state index in [1.807, 2.05) is 30.3 Å². The first-order chi connectivity index (χ1) is 22.3. The van der Waals surface area contributed by atoms with E-state index in [9.17, 15) is 0 Å². The smallest absolute Gasteiger partial charge is 0.169 e. The van der Waals surface area contributed by atoms with Crippen molar-refractivity contribution < 1.29 is 4.42 Å². The molecule has 0 radical (unpaired) electrons. The van der Waals surface area contributed by atoms with Crippen molar-refractivity contribution in [1.82, 2.24) is 5.32 Å². The first-order valence-corrected chi connectivity index (χ1v) is 15.2. The number of amidine groups is 2. The van der Waals surface area contributed by atoms with Crippen molar-refractivity contribution >= 4 is 55.2 Å². The van der Waals surface area contributed by atoms with Crippen molar-refractivity contribution in [3.63, 3.8) is 0 Å². The topological polar surface area (TPSA) is 49.9 Å². The fourth-order valence-corrected chi connectivity index (χ4v) is 6.41. The van der Waals surface area contributed by atoms with Gasteiger partial charge in [0.25, 0.3) is 0 Å². The van der Waals surface area contributed by atoms with E-state index in [-0.39, 0.29) is 0 Å². The van der Waals surface area contributed by atoms with Crippen molar-refractivity contribution in [3.05, 3.63) is 168 Å². The highest BCUT2D eigenvalue weighted by Crippen LogP contribution is 2.34. The maximum atomic E-state index is 6.22. The third-order valence-corrected chi connectivity index (χ3v) is 8.71. The molecule has 0 bridgehead atoms. The van der Waals surface area contributed by atoms with Gasteiger partial charge in [0.1, 0.15) is 22.8 Å². The molecule has 0 amide bonds. The van der Waals surface area contributed by atoms with Crippen LogP contribution in [-0.2, 0) is 0 Å². The number of benzene rings is 7. The lowest BCUT2D eigenvalue weighted by atomic mass is 9.99. The Morgan fingerprint density at radius 2 is 1.09 bits per heavy atom. The number of aliphatic imine (C=N–C) groups is 2. The van der Waals surface area contributed by atoms with Gasteiger partial charge in [-0.25, -0.2) is 9.98 Å². The minimum absolute atomic E-state index is 0.408. The Balaban J connectivity index is 1.16. The molecule has 0 aliphatic carbocycles. The van der Waals surface area contributed by atoms with Gasteiger partial charge in [-0.2, -0.15) is 0 Å². The fourth-order valence-electron chi connectivity index (χ4n) is 6.41. The number of rotatable bonds is 4. The molecule has 0 saturated heterocycles. The van der Waals surface area contributed by atoms with Crippen molar-refractivity contribution in [2.75, 3.05) is 0 Å². The van der Waals surface area contributed by atoms with E-state index in [2.05, 4.69) is 127 Å². The molecule has 7 aromatic carbocycles. The number of hydrogen-bond donors (Lipinski definition) is 1. The Morgan fingerprint density at radius 3 is 1.91 bits per heavy atom. The predicted molar refractivity (Wildman–Crippen MR) is 186 cm³/mol. The molecule has 1 aliphatic rings. The van der Waals surface area contributed by atoms with Gasteiger partial charge in [0.2, 0.25) is 0 Å². The molecule has 1 N–H and O–H groups in total. The molecule has 0 spiro atoms. The highest BCUT2D eigenvalue weighted by Gasteiger charge is 2.23. The van der Waals surface area contributed by atoms with Gasteiger partial charge in [0, 0.05) is 21.9 Å². The van der Waals surface area contributed by atoms with Gasteiger partial charge < -0.3 is 9.73 Å². The summed E-state index contributed by atoms with van der Waals surface area (Å²) in [5.41, 5.74) is 7.08. The molecule has 1 aliphatic heterocycles. The summed E-state index contributed by atoms with van der Waals surface area (Å²) < 4.78 is 6.22. The van der Waals surface area contributed by atoms with E-state index in [4.69, 9.17) is 14.4 Å². The van der Waals surface area contributed by atoms with Crippen molar-refractivity contribution in [2.24, 2.45) is 9.98 Å². The van der Waals surface area contributed by atoms with E-state index < -0.39 is 6.17 Å². The number of nitrogens with zero attached hydrogens (tertiary/aromatic N) is 2. The molecule has 1 atom stereocenters. The molecular formula is C41H27N3O. The molecule has 1 unspecified atom stereocenters. The zero-order chi connectivity index (χ0) is 29.7. The van der Waals surface area contributed by atoms with Crippen LogP contribution in [0.1, 0.15) is 22.9 Å². The molecule has 45 heavy (non-hydrogen) atoms. The molecule has 212 valence electrons. The molecule has 1 aromatic heterocycles. The molecule has 2 heterocycles. The zero-order valence-electron chi connectivity index (χ0n) is 24.3. The summed E-state index contributed by atoms with van der Waals surface area (Å²) in [5.74, 6) is 1.56. The van der Waals surface area contributed by atoms with Gasteiger partial charge >= 0.3 is 0 Å². The van der Waals surface area contributed by atoms with Crippen molar-refractivity contribution in [2.45, 2.75) is 6.17 Å². The summed E-state index contributed by atoms with van der Waals surface area (Å²) in [7, 11) is 0. The first kappa shape index (κ1) is 25.5. The maximum Gasteiger partial charge on any atom is 0.169 e. The standard InChI is InChI=1S/C41H27N3O/c1-3-10-30-24-32(22-18-26(30)8-1)28-16-20-29(21-17-28)39-42-40(33-23-19-27-9-2-4-11-31(27)25-33)44-41(43-39)35-13-7-15-37-38(35)34-12-5-6-14-36(34)45-37/h1-25,40H,(H,42,43,44). The van der Waals surface area contributed by atoms with Gasteiger partial charge in [-0.3, -0.25) is 0 Å². The van der Waals surface area contributed by atoms with E-state index in [1.54, 1.807) is 0 Å². The normalized spacial score (nSPS) is 14.9. The molecular weight excluding hydrogens is 550 g/mol. The Morgan fingerprint density at radius 1 is 0.467 bits per heavy atom. The zero-order valence-corrected chi connectivity index (χ0v) is 24.3. The van der Waals surface area contributed by atoms with Crippen LogP contribution in [0.4, 0.5) is 0 Å². The molecule has 8 aromatic rings. The Hall–Kier alpha value is -6.00. The molecule has 0 fully saturated rings. The third kappa shape index (κ3) is 4.47. The molecule has 4 heteroatoms. The quantitative estimate of drug-likeness (QED) is 0.226. The van der Waals surface area contributed by atoms with Crippen LogP contribution in [0.5, 0.6) is 0 Å². The average Bonchev–Trinajstić information content (AvgIpc) is 3.50. The Labute approximate surface area is 260 Å². The highest BCUT2D eigenvalue weighted by atomic mass is 16.3. The van der Waals surface area contributed by atoms with Crippen LogP contribution in [0.2, 0.25) is 0 Å². The van der Waals surface area contributed by atoms with Gasteiger partial charge in [0.15, 0.2) is 6.17 Å². The van der Waals surface area contributed by atoms with Crippen LogP contribution in [0.3, 0.4) is 0 Å². The number of nitrogens with one attached hydrogen (secondary N) is 1. The lowest BCUT2D eigenvalue weighted by Crippen LogP contribution is -2.36. The number of fused-ring (bicyclic) bond motifs is 5. The lowest BCUT2D eigenvalue weighted by molar-refractivity contribution is 0.669. The summed E-state index contributed by atoms with van der Waals surface area (Å²) in [6.45, 7) is 0. The monoisotopic (exact) mass is 577 g/mol. The minimum Gasteiger partial charge on any atom is -0.456 e. The number of para-hydroxylation sites is 1. The van der Waals surface area contributed by atoms with Gasteiger partial charge in [-0.1, -0.05) is 127 Å². The van der Waals surface area contributed by atoms with Crippen LogP contribution in [0.15, 0.2) is 166 Å². The summed E-state index contributed by atoms with van der Waals surface area (Å²) in [4.78, 5) is 10.4. The van der Waals surface area contributed by atoms with Crippen LogP contribution in [0, 0.1) is 0 Å². The van der Waals surface area contributed by atoms with Crippen molar-refractivity contribution in [3.8, 4) is 11.1 Å². The Kier molecular flexibility index (Phi) is 5.85. The summed E-state index contributed by atoms with van der Waals surface area (Å²) in [6, 6.07) is 52.9. The number of hydrogen-bond acceptors (Lipinski definition) is 4. The largest absolute Gasteiger partial charge is 0.456 e. The second kappa shape index (κ2) is 10.3. The SMILES string of the molecule is c1ccc2cc(-c3ccc(C4=NC(c5ccc6ccccc6c5)N=C(c5cccc6oc7ccccc7c56)N4)cc3)ccc2c1. The van der Waals surface area contributed by atoms with E-state index in [1.165, 1.54) is 27.1 Å². The first-order valence-electron chi connectivity index (χ1n) is 15.2. The predicted octanol–water partition coefficient (Wildman–Crippen LogP) is 10.1. The molecule has 0 saturated carbocycles. The van der Waals surface area contributed by atoms with E-state index in [0.29, 0.717) is 0 Å². The molecule has 9 rings (SSSR count). The average molecular weight is 578 g/mol.